The Morgan fingerprint density at radius 1 is 1.04 bits per heavy atom. The van der Waals surface area contributed by atoms with Crippen LogP contribution in [0.15, 0.2) is 42.7 Å². The summed E-state index contributed by atoms with van der Waals surface area (Å²) in [4.78, 5) is 16.8. The summed E-state index contributed by atoms with van der Waals surface area (Å²) in [6.07, 6.45) is 9.94. The van der Waals surface area contributed by atoms with E-state index < -0.39 is 12.0 Å². The summed E-state index contributed by atoms with van der Waals surface area (Å²) in [5, 5.41) is 14.2. The quantitative estimate of drug-likeness (QED) is 0.879. The Kier molecular flexibility index (Phi) is 5.55. The molecule has 1 atom stereocenters. The second-order valence-electron chi connectivity index (χ2n) is 7.65. The van der Waals surface area contributed by atoms with Crippen molar-refractivity contribution < 1.29 is 9.90 Å². The topological polar surface area (TPSA) is 61.6 Å². The van der Waals surface area contributed by atoms with Gasteiger partial charge in [-0.15, -0.1) is 0 Å². The van der Waals surface area contributed by atoms with Gasteiger partial charge in [-0.1, -0.05) is 25.0 Å². The van der Waals surface area contributed by atoms with Crippen molar-refractivity contribution in [2.24, 2.45) is 0 Å². The fraction of sp³-hybridized carbons (Fsp3) is 0.524. The largest absolute Gasteiger partial charge is 0.480 e. The van der Waals surface area contributed by atoms with E-state index in [2.05, 4.69) is 14.9 Å². The van der Waals surface area contributed by atoms with Crippen molar-refractivity contribution in [1.29, 1.82) is 0 Å². The van der Waals surface area contributed by atoms with Crippen LogP contribution >= 0.6 is 0 Å². The lowest BCUT2D eigenvalue weighted by molar-refractivity contribution is -0.143. The number of carboxylic acids is 1. The second-order valence-corrected chi connectivity index (χ2v) is 7.65. The van der Waals surface area contributed by atoms with E-state index in [1.807, 2.05) is 36.5 Å². The number of carboxylic acid groups (broad SMARTS) is 1. The van der Waals surface area contributed by atoms with Crippen LogP contribution in [0.2, 0.25) is 0 Å². The van der Waals surface area contributed by atoms with Gasteiger partial charge in [0.25, 0.3) is 0 Å². The molecule has 1 unspecified atom stereocenters. The molecule has 0 amide bonds. The molecule has 2 fully saturated rings. The van der Waals surface area contributed by atoms with Crippen molar-refractivity contribution in [2.75, 3.05) is 26.2 Å². The van der Waals surface area contributed by atoms with Gasteiger partial charge >= 0.3 is 5.97 Å². The van der Waals surface area contributed by atoms with Gasteiger partial charge in [-0.2, -0.15) is 5.10 Å². The normalized spacial score (nSPS) is 21.2. The van der Waals surface area contributed by atoms with Crippen molar-refractivity contribution in [2.45, 2.75) is 44.2 Å². The van der Waals surface area contributed by atoms with Crippen LogP contribution in [0.3, 0.4) is 0 Å². The minimum atomic E-state index is -0.767. The molecule has 2 aromatic rings. The maximum absolute atomic E-state index is 12.1. The molecule has 1 aromatic heterocycles. The molecular weight excluding hydrogens is 340 g/mol. The van der Waals surface area contributed by atoms with Crippen LogP contribution in [-0.2, 0) is 4.79 Å². The summed E-state index contributed by atoms with van der Waals surface area (Å²) in [6.45, 7) is 3.71. The minimum Gasteiger partial charge on any atom is -0.480 e. The second kappa shape index (κ2) is 8.23. The summed E-state index contributed by atoms with van der Waals surface area (Å²) in [5.74, 6) is -0.767. The molecular formula is C21H28N4O2. The van der Waals surface area contributed by atoms with Gasteiger partial charge in [0.1, 0.15) is 6.04 Å². The summed E-state index contributed by atoms with van der Waals surface area (Å²) in [6, 6.07) is 9.75. The van der Waals surface area contributed by atoms with E-state index in [1.54, 1.807) is 10.9 Å². The van der Waals surface area contributed by atoms with Crippen molar-refractivity contribution in [3.63, 3.8) is 0 Å². The van der Waals surface area contributed by atoms with Crippen LogP contribution < -0.4 is 0 Å². The van der Waals surface area contributed by atoms with Crippen LogP contribution in [-0.4, -0.2) is 62.9 Å². The Labute approximate surface area is 160 Å². The minimum absolute atomic E-state index is 0.583. The number of aliphatic carboxylic acids is 1. The molecule has 6 nitrogen and oxygen atoms in total. The van der Waals surface area contributed by atoms with Crippen LogP contribution in [0.1, 0.15) is 43.7 Å². The van der Waals surface area contributed by atoms with Gasteiger partial charge in [0.05, 0.1) is 5.69 Å². The zero-order valence-corrected chi connectivity index (χ0v) is 15.7. The van der Waals surface area contributed by atoms with Gasteiger partial charge in [-0.05, 0) is 49.6 Å². The van der Waals surface area contributed by atoms with E-state index in [0.29, 0.717) is 6.04 Å². The molecule has 1 saturated carbocycles. The van der Waals surface area contributed by atoms with Crippen LogP contribution in [0, 0.1) is 0 Å². The highest BCUT2D eigenvalue weighted by atomic mass is 16.4. The van der Waals surface area contributed by atoms with Gasteiger partial charge < -0.3 is 5.11 Å². The van der Waals surface area contributed by atoms with E-state index in [0.717, 1.165) is 43.9 Å². The van der Waals surface area contributed by atoms with Crippen molar-refractivity contribution in [3.05, 3.63) is 48.3 Å². The van der Waals surface area contributed by atoms with Crippen molar-refractivity contribution in [3.8, 4) is 5.69 Å². The van der Waals surface area contributed by atoms with Crippen LogP contribution in [0.5, 0.6) is 0 Å². The third kappa shape index (κ3) is 4.06. The highest BCUT2D eigenvalue weighted by Gasteiger charge is 2.31. The molecule has 2 heterocycles. The van der Waals surface area contributed by atoms with E-state index in [-0.39, 0.29) is 0 Å². The molecule has 144 valence electrons. The first-order chi connectivity index (χ1) is 13.2. The van der Waals surface area contributed by atoms with E-state index in [9.17, 15) is 9.90 Å². The van der Waals surface area contributed by atoms with Crippen LogP contribution in [0.25, 0.3) is 5.69 Å². The molecule has 0 bridgehead atoms. The summed E-state index contributed by atoms with van der Waals surface area (Å²) < 4.78 is 1.78. The molecule has 1 aliphatic carbocycles. The molecule has 6 heteroatoms. The Morgan fingerprint density at radius 3 is 2.48 bits per heavy atom. The average molecular weight is 368 g/mol. The lowest BCUT2D eigenvalue weighted by atomic mass is 10.0. The molecule has 2 aliphatic rings. The third-order valence-corrected chi connectivity index (χ3v) is 5.98. The smallest absolute Gasteiger partial charge is 0.325 e. The van der Waals surface area contributed by atoms with E-state index in [1.165, 1.54) is 25.7 Å². The van der Waals surface area contributed by atoms with E-state index in [4.69, 9.17) is 0 Å². The Hall–Kier alpha value is -2.18. The molecule has 1 saturated heterocycles. The number of rotatable bonds is 5. The van der Waals surface area contributed by atoms with E-state index >= 15 is 0 Å². The van der Waals surface area contributed by atoms with Crippen LogP contribution in [0.4, 0.5) is 0 Å². The highest BCUT2D eigenvalue weighted by molar-refractivity contribution is 5.75. The molecule has 1 aromatic carbocycles. The maximum Gasteiger partial charge on any atom is 0.325 e. The molecule has 27 heavy (non-hydrogen) atoms. The number of hydrogen-bond acceptors (Lipinski definition) is 4. The van der Waals surface area contributed by atoms with Gasteiger partial charge in [-0.3, -0.25) is 14.6 Å². The monoisotopic (exact) mass is 368 g/mol. The lowest BCUT2D eigenvalue weighted by Gasteiger charge is -2.29. The molecule has 0 spiro atoms. The highest BCUT2D eigenvalue weighted by Crippen LogP contribution is 2.27. The van der Waals surface area contributed by atoms with Gasteiger partial charge in [0.15, 0.2) is 0 Å². The first-order valence-corrected chi connectivity index (χ1v) is 10.0. The fourth-order valence-corrected chi connectivity index (χ4v) is 4.59. The number of nitrogens with zero attached hydrogens (tertiary/aromatic N) is 4. The molecule has 1 N–H and O–H groups in total. The number of aromatic nitrogens is 2. The molecule has 1 aliphatic heterocycles. The Balaban J connectivity index is 1.48. The SMILES string of the molecule is O=C(O)C(c1ccc(-n2cccn2)cc1)N1CCCN(C2CCCC2)CC1. The fourth-order valence-electron chi connectivity index (χ4n) is 4.59. The van der Waals surface area contributed by atoms with Gasteiger partial charge in [-0.25, -0.2) is 4.68 Å². The number of carbonyl (C=O) groups is 1. The third-order valence-electron chi connectivity index (χ3n) is 5.98. The van der Waals surface area contributed by atoms with Gasteiger partial charge in [0, 0.05) is 38.1 Å². The summed E-state index contributed by atoms with van der Waals surface area (Å²) in [7, 11) is 0. The first kappa shape index (κ1) is 18.2. The standard InChI is InChI=1S/C21H28N4O2/c26-21(27)20(17-7-9-19(10-8-17)25-14-3-11-22-25)24-13-4-12-23(15-16-24)18-5-1-2-6-18/h3,7-11,14,18,20H,1-2,4-6,12-13,15-16H2,(H,26,27). The summed E-state index contributed by atoms with van der Waals surface area (Å²) >= 11 is 0. The zero-order valence-electron chi connectivity index (χ0n) is 15.7. The predicted molar refractivity (Wildman–Crippen MR) is 104 cm³/mol. The Bertz CT molecular complexity index is 738. The zero-order chi connectivity index (χ0) is 18.6. The molecule has 4 rings (SSSR count). The van der Waals surface area contributed by atoms with Crippen molar-refractivity contribution in [1.82, 2.24) is 19.6 Å². The average Bonchev–Trinajstić information content (AvgIpc) is 3.35. The Morgan fingerprint density at radius 2 is 1.81 bits per heavy atom. The molecule has 0 radical (unpaired) electrons. The predicted octanol–water partition coefficient (Wildman–Crippen LogP) is 2.95. The van der Waals surface area contributed by atoms with Gasteiger partial charge in [0.2, 0.25) is 0 Å². The van der Waals surface area contributed by atoms with Crippen molar-refractivity contribution >= 4 is 5.97 Å². The maximum atomic E-state index is 12.1. The number of benzene rings is 1. The number of hydrogen-bond donors (Lipinski definition) is 1. The summed E-state index contributed by atoms with van der Waals surface area (Å²) in [5.41, 5.74) is 1.78. The first-order valence-electron chi connectivity index (χ1n) is 10.0. The lowest BCUT2D eigenvalue weighted by Crippen LogP contribution is -2.39.